The molecule has 128 valence electrons. The van der Waals surface area contributed by atoms with Gasteiger partial charge in [0.1, 0.15) is 5.82 Å². The number of rotatable bonds is 4. The van der Waals surface area contributed by atoms with Crippen LogP contribution in [0.1, 0.15) is 66.1 Å². The third-order valence-electron chi connectivity index (χ3n) is 5.45. The summed E-state index contributed by atoms with van der Waals surface area (Å²) in [5.41, 5.74) is 1.79. The van der Waals surface area contributed by atoms with Crippen LogP contribution >= 0.6 is 0 Å². The molecule has 1 saturated carbocycles. The molecular weight excluding hydrogens is 302 g/mol. The average molecular weight is 327 g/mol. The Bertz CT molecular complexity index is 742. The smallest absolute Gasteiger partial charge is 0.255 e. The number of nitrogens with zero attached hydrogens (tertiary/aromatic N) is 3. The van der Waals surface area contributed by atoms with Crippen LogP contribution in [0, 0.1) is 18.8 Å². The van der Waals surface area contributed by atoms with E-state index < -0.39 is 0 Å². The van der Waals surface area contributed by atoms with Crippen molar-refractivity contribution >= 4 is 5.91 Å². The summed E-state index contributed by atoms with van der Waals surface area (Å²) in [4.78, 5) is 22.6. The van der Waals surface area contributed by atoms with Gasteiger partial charge in [0, 0.05) is 37.3 Å². The first-order valence-corrected chi connectivity index (χ1v) is 8.89. The number of H-pyrrole nitrogens is 2. The molecule has 0 bridgehead atoms. The fraction of sp³-hybridized carbons (Fsp3) is 0.611. The van der Waals surface area contributed by atoms with Crippen molar-refractivity contribution in [1.82, 2.24) is 25.1 Å². The summed E-state index contributed by atoms with van der Waals surface area (Å²) in [6.45, 7) is 7.74. The van der Waals surface area contributed by atoms with E-state index in [-0.39, 0.29) is 11.8 Å². The van der Waals surface area contributed by atoms with Gasteiger partial charge in [-0.3, -0.25) is 9.89 Å². The third-order valence-corrected chi connectivity index (χ3v) is 5.45. The van der Waals surface area contributed by atoms with Gasteiger partial charge in [-0.1, -0.05) is 13.8 Å². The molecule has 24 heavy (non-hydrogen) atoms. The quantitative estimate of drug-likeness (QED) is 0.906. The standard InChI is InChI=1S/C18H25N5O/c1-10(2)16-20-17(22-21-16)15-9-23(8-14(15)12-4-5-12)18(24)13-7-19-6-11(13)3/h6-7,10,12,14-15,19H,4-5,8-9H2,1-3H3,(H,20,21,22)/t14-,15+/m1/s1. The van der Waals surface area contributed by atoms with Crippen molar-refractivity contribution in [3.05, 3.63) is 35.2 Å². The molecule has 2 aromatic heterocycles. The van der Waals surface area contributed by atoms with Crippen molar-refractivity contribution in [2.24, 2.45) is 11.8 Å². The number of carbonyl (C=O) groups excluding carboxylic acids is 1. The molecule has 0 aromatic carbocycles. The second-order valence-corrected chi connectivity index (χ2v) is 7.60. The van der Waals surface area contributed by atoms with Gasteiger partial charge in [0.15, 0.2) is 5.82 Å². The zero-order valence-electron chi connectivity index (χ0n) is 14.5. The molecule has 6 heteroatoms. The van der Waals surface area contributed by atoms with Crippen molar-refractivity contribution in [3.63, 3.8) is 0 Å². The monoisotopic (exact) mass is 327 g/mol. The summed E-state index contributed by atoms with van der Waals surface area (Å²) in [6, 6.07) is 0. The Morgan fingerprint density at radius 1 is 1.29 bits per heavy atom. The maximum absolute atomic E-state index is 12.9. The van der Waals surface area contributed by atoms with Gasteiger partial charge in [-0.25, -0.2) is 4.98 Å². The number of aromatic nitrogens is 4. The molecule has 1 saturated heterocycles. The van der Waals surface area contributed by atoms with Gasteiger partial charge in [0.05, 0.1) is 5.56 Å². The minimum Gasteiger partial charge on any atom is -0.367 e. The fourth-order valence-corrected chi connectivity index (χ4v) is 3.84. The molecule has 0 unspecified atom stereocenters. The van der Waals surface area contributed by atoms with Crippen molar-refractivity contribution in [3.8, 4) is 0 Å². The normalized spacial score (nSPS) is 24.1. The highest BCUT2D eigenvalue weighted by Gasteiger charge is 2.45. The summed E-state index contributed by atoms with van der Waals surface area (Å²) >= 11 is 0. The Balaban J connectivity index is 1.57. The van der Waals surface area contributed by atoms with Crippen LogP contribution < -0.4 is 0 Å². The van der Waals surface area contributed by atoms with Gasteiger partial charge in [-0.05, 0) is 37.2 Å². The largest absolute Gasteiger partial charge is 0.367 e. The number of amides is 1. The topological polar surface area (TPSA) is 77.7 Å². The van der Waals surface area contributed by atoms with Crippen molar-refractivity contribution in [2.45, 2.75) is 45.4 Å². The van der Waals surface area contributed by atoms with Crippen LogP contribution in [0.25, 0.3) is 0 Å². The molecule has 0 spiro atoms. The highest BCUT2D eigenvalue weighted by molar-refractivity contribution is 5.95. The summed E-state index contributed by atoms with van der Waals surface area (Å²) in [5, 5.41) is 7.51. The molecule has 1 aliphatic heterocycles. The molecule has 1 amide bonds. The number of hydrogen-bond acceptors (Lipinski definition) is 3. The Morgan fingerprint density at radius 2 is 2.08 bits per heavy atom. The Labute approximate surface area is 142 Å². The molecule has 6 nitrogen and oxygen atoms in total. The van der Waals surface area contributed by atoms with Crippen molar-refractivity contribution in [2.75, 3.05) is 13.1 Å². The summed E-state index contributed by atoms with van der Waals surface area (Å²) in [6.07, 6.45) is 6.24. The zero-order valence-corrected chi connectivity index (χ0v) is 14.5. The second-order valence-electron chi connectivity index (χ2n) is 7.60. The van der Waals surface area contributed by atoms with E-state index in [0.717, 1.165) is 41.8 Å². The molecule has 3 heterocycles. The highest BCUT2D eigenvalue weighted by atomic mass is 16.2. The Kier molecular flexibility index (Phi) is 3.70. The SMILES string of the molecule is Cc1c[nH]cc1C(=O)N1C[C@H](c2nc(C(C)C)n[nH]2)[C@@H](C2CC2)C1. The maximum Gasteiger partial charge on any atom is 0.255 e. The predicted molar refractivity (Wildman–Crippen MR) is 90.9 cm³/mol. The fourth-order valence-electron chi connectivity index (χ4n) is 3.84. The second kappa shape index (κ2) is 5.76. The van der Waals surface area contributed by atoms with Crippen LogP contribution in [-0.2, 0) is 0 Å². The van der Waals surface area contributed by atoms with Gasteiger partial charge >= 0.3 is 0 Å². The number of likely N-dealkylation sites (tertiary alicyclic amines) is 1. The van der Waals surface area contributed by atoms with E-state index in [9.17, 15) is 4.79 Å². The van der Waals surface area contributed by atoms with Gasteiger partial charge in [-0.15, -0.1) is 0 Å². The molecular formula is C18H25N5O. The number of hydrogen-bond donors (Lipinski definition) is 2. The Morgan fingerprint density at radius 3 is 2.67 bits per heavy atom. The third kappa shape index (κ3) is 2.64. The van der Waals surface area contributed by atoms with Crippen molar-refractivity contribution in [1.29, 1.82) is 0 Å². The van der Waals surface area contributed by atoms with Gasteiger partial charge in [0.25, 0.3) is 5.91 Å². The van der Waals surface area contributed by atoms with E-state index in [1.54, 1.807) is 0 Å². The lowest BCUT2D eigenvalue weighted by Gasteiger charge is -2.16. The summed E-state index contributed by atoms with van der Waals surface area (Å²) < 4.78 is 0. The highest BCUT2D eigenvalue weighted by Crippen LogP contribution is 2.47. The first kappa shape index (κ1) is 15.4. The maximum atomic E-state index is 12.9. The molecule has 0 radical (unpaired) electrons. The zero-order chi connectivity index (χ0) is 16.8. The Hall–Kier alpha value is -2.11. The minimum atomic E-state index is 0.130. The number of aryl methyl sites for hydroxylation is 1. The van der Waals surface area contributed by atoms with Crippen LogP contribution in [0.15, 0.2) is 12.4 Å². The molecule has 1 aliphatic carbocycles. The van der Waals surface area contributed by atoms with Crippen LogP contribution in [0.4, 0.5) is 0 Å². The molecule has 2 aromatic rings. The lowest BCUT2D eigenvalue weighted by molar-refractivity contribution is 0.0784. The molecule has 2 aliphatic rings. The number of nitrogens with one attached hydrogen (secondary N) is 2. The average Bonchev–Trinajstić information content (AvgIpc) is 2.99. The predicted octanol–water partition coefficient (Wildman–Crippen LogP) is 2.83. The first-order chi connectivity index (χ1) is 11.5. The molecule has 2 atom stereocenters. The summed E-state index contributed by atoms with van der Waals surface area (Å²) in [7, 11) is 0. The number of carbonyl (C=O) groups is 1. The van der Waals surface area contributed by atoms with Crippen LogP contribution in [0.3, 0.4) is 0 Å². The minimum absolute atomic E-state index is 0.130. The lowest BCUT2D eigenvalue weighted by atomic mass is 9.91. The van der Waals surface area contributed by atoms with E-state index in [4.69, 9.17) is 4.98 Å². The van der Waals surface area contributed by atoms with Gasteiger partial charge < -0.3 is 9.88 Å². The van der Waals surface area contributed by atoms with Crippen LogP contribution in [-0.4, -0.2) is 44.1 Å². The molecule has 2 N–H and O–H groups in total. The first-order valence-electron chi connectivity index (χ1n) is 8.89. The lowest BCUT2D eigenvalue weighted by Crippen LogP contribution is -2.29. The molecule has 2 fully saturated rings. The van der Waals surface area contributed by atoms with E-state index >= 15 is 0 Å². The van der Waals surface area contributed by atoms with Gasteiger partial charge in [0.2, 0.25) is 0 Å². The molecule has 4 rings (SSSR count). The van der Waals surface area contributed by atoms with E-state index in [2.05, 4.69) is 29.0 Å². The van der Waals surface area contributed by atoms with E-state index in [1.807, 2.05) is 24.2 Å². The van der Waals surface area contributed by atoms with Crippen molar-refractivity contribution < 1.29 is 4.79 Å². The van der Waals surface area contributed by atoms with Crippen LogP contribution in [0.2, 0.25) is 0 Å². The summed E-state index contributed by atoms with van der Waals surface area (Å²) in [5.74, 6) is 3.78. The van der Waals surface area contributed by atoms with Crippen LogP contribution in [0.5, 0.6) is 0 Å². The van der Waals surface area contributed by atoms with Gasteiger partial charge in [-0.2, -0.15) is 5.10 Å². The van der Waals surface area contributed by atoms with E-state index in [0.29, 0.717) is 11.8 Å². The van der Waals surface area contributed by atoms with E-state index in [1.165, 1.54) is 12.8 Å². The number of aromatic amines is 2.